The van der Waals surface area contributed by atoms with E-state index in [-0.39, 0.29) is 17.1 Å². The molecule has 3 rings (SSSR count). The zero-order chi connectivity index (χ0) is 14.8. The summed E-state index contributed by atoms with van der Waals surface area (Å²) in [7, 11) is 1.39. The van der Waals surface area contributed by atoms with E-state index in [4.69, 9.17) is 10.5 Å². The number of nitrogen functional groups attached to an aromatic ring is 1. The number of methoxy groups -OCH3 is 1. The van der Waals surface area contributed by atoms with E-state index in [0.29, 0.717) is 11.5 Å². The molecule has 106 valence electrons. The topological polar surface area (TPSA) is 112 Å². The summed E-state index contributed by atoms with van der Waals surface area (Å²) in [5.74, 6) is 0.817. The Morgan fingerprint density at radius 1 is 1.33 bits per heavy atom. The number of H-pyrrole nitrogens is 1. The lowest BCUT2D eigenvalue weighted by Gasteiger charge is -2.04. The lowest BCUT2D eigenvalue weighted by Crippen LogP contribution is -2.14. The van der Waals surface area contributed by atoms with Crippen molar-refractivity contribution in [2.45, 2.75) is 0 Å². The van der Waals surface area contributed by atoms with Crippen LogP contribution in [0.25, 0.3) is 17.2 Å². The molecule has 2 aromatic heterocycles. The molecule has 0 unspecified atom stereocenters. The molecule has 0 bridgehead atoms. The number of aromatic amines is 1. The third-order valence-corrected chi connectivity index (χ3v) is 2.85. The van der Waals surface area contributed by atoms with Gasteiger partial charge in [-0.25, -0.2) is 9.97 Å². The van der Waals surface area contributed by atoms with Gasteiger partial charge in [0.15, 0.2) is 5.82 Å². The molecule has 0 aliphatic carbocycles. The van der Waals surface area contributed by atoms with Crippen LogP contribution >= 0.6 is 0 Å². The Balaban J connectivity index is 2.07. The van der Waals surface area contributed by atoms with E-state index in [2.05, 4.69) is 20.1 Å². The first-order chi connectivity index (χ1) is 10.2. The van der Waals surface area contributed by atoms with Crippen LogP contribution in [0.5, 0.6) is 5.75 Å². The lowest BCUT2D eigenvalue weighted by molar-refractivity contribution is 0.402. The van der Waals surface area contributed by atoms with E-state index in [0.717, 1.165) is 5.56 Å². The first kappa shape index (κ1) is 12.9. The van der Waals surface area contributed by atoms with Crippen molar-refractivity contribution in [1.29, 1.82) is 0 Å². The van der Waals surface area contributed by atoms with Crippen molar-refractivity contribution in [3.8, 4) is 23.0 Å². The maximum absolute atomic E-state index is 11.7. The minimum atomic E-state index is -0.386. The predicted octanol–water partition coefficient (Wildman–Crippen LogP) is 0.608. The summed E-state index contributed by atoms with van der Waals surface area (Å²) in [6.45, 7) is 0. The summed E-state index contributed by atoms with van der Waals surface area (Å²) in [5, 5.41) is 4.30. The molecule has 0 amide bonds. The van der Waals surface area contributed by atoms with Crippen LogP contribution in [-0.4, -0.2) is 31.8 Å². The Labute approximate surface area is 119 Å². The number of nitrogens with one attached hydrogen (secondary N) is 1. The Morgan fingerprint density at radius 2 is 2.19 bits per heavy atom. The van der Waals surface area contributed by atoms with Gasteiger partial charge in [0, 0.05) is 11.3 Å². The largest absolute Gasteiger partial charge is 0.488 e. The molecule has 0 saturated heterocycles. The van der Waals surface area contributed by atoms with E-state index in [1.165, 1.54) is 24.4 Å². The average Bonchev–Trinajstić information content (AvgIpc) is 2.96. The van der Waals surface area contributed by atoms with Gasteiger partial charge >= 0.3 is 0 Å². The van der Waals surface area contributed by atoms with Gasteiger partial charge in [-0.2, -0.15) is 4.68 Å². The molecule has 2 heterocycles. The maximum Gasteiger partial charge on any atom is 0.295 e. The molecule has 0 saturated carbocycles. The highest BCUT2D eigenvalue weighted by Gasteiger charge is 2.13. The number of benzene rings is 1. The zero-order valence-corrected chi connectivity index (χ0v) is 11.1. The first-order valence-corrected chi connectivity index (χ1v) is 6.08. The van der Waals surface area contributed by atoms with Crippen LogP contribution in [0.2, 0.25) is 0 Å². The molecule has 8 heteroatoms. The van der Waals surface area contributed by atoms with E-state index >= 15 is 0 Å². The summed E-state index contributed by atoms with van der Waals surface area (Å²) < 4.78 is 6.43. The molecule has 3 N–H and O–H groups in total. The van der Waals surface area contributed by atoms with Crippen LogP contribution in [0.15, 0.2) is 41.7 Å². The van der Waals surface area contributed by atoms with Crippen molar-refractivity contribution in [2.75, 3.05) is 12.8 Å². The Morgan fingerprint density at radius 3 is 2.95 bits per heavy atom. The predicted molar refractivity (Wildman–Crippen MR) is 76.2 cm³/mol. The van der Waals surface area contributed by atoms with Crippen LogP contribution in [-0.2, 0) is 0 Å². The Hall–Kier alpha value is -3.16. The first-order valence-electron chi connectivity index (χ1n) is 6.08. The van der Waals surface area contributed by atoms with Crippen LogP contribution in [0.1, 0.15) is 0 Å². The fraction of sp³-hybridized carbons (Fsp3) is 0.0769. The van der Waals surface area contributed by atoms with Crippen molar-refractivity contribution >= 4 is 5.69 Å². The van der Waals surface area contributed by atoms with Gasteiger partial charge in [0.1, 0.15) is 6.33 Å². The van der Waals surface area contributed by atoms with Crippen LogP contribution in [0.3, 0.4) is 0 Å². The molecule has 0 fully saturated rings. The number of aromatic nitrogens is 5. The highest BCUT2D eigenvalue weighted by Crippen LogP contribution is 2.19. The van der Waals surface area contributed by atoms with E-state index in [1.54, 1.807) is 12.1 Å². The second-order valence-corrected chi connectivity index (χ2v) is 4.23. The molecule has 0 atom stereocenters. The van der Waals surface area contributed by atoms with Gasteiger partial charge in [-0.05, 0) is 12.1 Å². The minimum absolute atomic E-state index is 0.0709. The number of ether oxygens (including phenoxy) is 1. The third-order valence-electron chi connectivity index (χ3n) is 2.85. The quantitative estimate of drug-likeness (QED) is 0.681. The van der Waals surface area contributed by atoms with Crippen LogP contribution in [0.4, 0.5) is 5.69 Å². The zero-order valence-electron chi connectivity index (χ0n) is 11.1. The van der Waals surface area contributed by atoms with Crippen molar-refractivity contribution in [3.05, 3.63) is 47.3 Å². The fourth-order valence-electron chi connectivity index (χ4n) is 1.90. The van der Waals surface area contributed by atoms with E-state index in [1.807, 2.05) is 12.1 Å². The molecular weight excluding hydrogens is 272 g/mol. The normalized spacial score (nSPS) is 10.5. The van der Waals surface area contributed by atoms with Crippen molar-refractivity contribution in [1.82, 2.24) is 24.7 Å². The van der Waals surface area contributed by atoms with Gasteiger partial charge in [0.2, 0.25) is 11.6 Å². The lowest BCUT2D eigenvalue weighted by atomic mass is 10.2. The molecule has 0 aliphatic heterocycles. The number of rotatable bonds is 3. The van der Waals surface area contributed by atoms with Gasteiger partial charge in [0.25, 0.3) is 5.56 Å². The third kappa shape index (κ3) is 2.34. The summed E-state index contributed by atoms with van der Waals surface area (Å²) in [6, 6.07) is 7.21. The maximum atomic E-state index is 11.7. The number of nitrogens with zero attached hydrogens (tertiary/aromatic N) is 4. The monoisotopic (exact) mass is 284 g/mol. The number of anilines is 1. The van der Waals surface area contributed by atoms with Gasteiger partial charge in [0.05, 0.1) is 13.4 Å². The molecule has 1 aromatic carbocycles. The summed E-state index contributed by atoms with van der Waals surface area (Å²) in [4.78, 5) is 22.4. The smallest absolute Gasteiger partial charge is 0.295 e. The van der Waals surface area contributed by atoms with Crippen molar-refractivity contribution < 1.29 is 4.74 Å². The molecular formula is C13H12N6O2. The van der Waals surface area contributed by atoms with Crippen molar-refractivity contribution in [2.24, 2.45) is 0 Å². The standard InChI is InChI=1S/C13H12N6O2/c1-21-10-12(15-6-16-13(10)20)19-7-17-11(18-19)8-3-2-4-9(14)5-8/h2-7H,14H2,1H3,(H,15,16,20). The van der Waals surface area contributed by atoms with Gasteiger partial charge in [-0.3, -0.25) is 4.79 Å². The van der Waals surface area contributed by atoms with Crippen molar-refractivity contribution in [3.63, 3.8) is 0 Å². The molecule has 0 radical (unpaired) electrons. The summed E-state index contributed by atoms with van der Waals surface area (Å²) in [6.07, 6.45) is 2.74. The summed E-state index contributed by atoms with van der Waals surface area (Å²) in [5.41, 5.74) is 6.75. The number of hydrogen-bond donors (Lipinski definition) is 2. The fourth-order valence-corrected chi connectivity index (χ4v) is 1.90. The molecule has 0 spiro atoms. The number of hydrogen-bond acceptors (Lipinski definition) is 6. The Bertz CT molecular complexity index is 838. The molecule has 8 nitrogen and oxygen atoms in total. The Kier molecular flexibility index (Phi) is 3.11. The molecule has 21 heavy (non-hydrogen) atoms. The SMILES string of the molecule is COc1c(-n2cnc(-c3cccc(N)c3)n2)nc[nH]c1=O. The molecule has 0 aliphatic rings. The highest BCUT2D eigenvalue weighted by atomic mass is 16.5. The van der Waals surface area contributed by atoms with Gasteiger partial charge in [-0.1, -0.05) is 12.1 Å². The van der Waals surface area contributed by atoms with E-state index in [9.17, 15) is 4.79 Å². The second kappa shape index (κ2) is 5.08. The second-order valence-electron chi connectivity index (χ2n) is 4.23. The van der Waals surface area contributed by atoms with Gasteiger partial charge < -0.3 is 15.5 Å². The van der Waals surface area contributed by atoms with Crippen LogP contribution in [0, 0.1) is 0 Å². The van der Waals surface area contributed by atoms with E-state index < -0.39 is 0 Å². The number of nitrogens with two attached hydrogens (primary N) is 1. The molecule has 3 aromatic rings. The van der Waals surface area contributed by atoms with Gasteiger partial charge in [-0.15, -0.1) is 5.10 Å². The van der Waals surface area contributed by atoms with Crippen LogP contribution < -0.4 is 16.0 Å². The summed E-state index contributed by atoms with van der Waals surface area (Å²) >= 11 is 0. The average molecular weight is 284 g/mol. The highest BCUT2D eigenvalue weighted by molar-refractivity contribution is 5.60. The minimum Gasteiger partial charge on any atom is -0.488 e.